The van der Waals surface area contributed by atoms with Gasteiger partial charge in [0, 0.05) is 25.6 Å². The van der Waals surface area contributed by atoms with Crippen LogP contribution in [0, 0.1) is 11.8 Å². The van der Waals surface area contributed by atoms with E-state index in [1.807, 2.05) is 13.8 Å². The third-order valence-electron chi connectivity index (χ3n) is 5.01. The summed E-state index contributed by atoms with van der Waals surface area (Å²) in [6.07, 6.45) is 5.81. The second-order valence-electron chi connectivity index (χ2n) is 7.33. The molecule has 0 aromatic heterocycles. The van der Waals surface area contributed by atoms with Crippen LogP contribution in [0.2, 0.25) is 0 Å². The van der Waals surface area contributed by atoms with Gasteiger partial charge in [-0.1, -0.05) is 0 Å². The maximum Gasteiger partial charge on any atom is 0.223 e. The van der Waals surface area contributed by atoms with Gasteiger partial charge in [0.2, 0.25) is 5.91 Å². The fourth-order valence-corrected chi connectivity index (χ4v) is 3.55. The molecule has 2 rings (SSSR count). The number of rotatable bonds is 8. The molecule has 24 heavy (non-hydrogen) atoms. The first-order valence-electron chi connectivity index (χ1n) is 9.47. The van der Waals surface area contributed by atoms with E-state index < -0.39 is 0 Å². The van der Waals surface area contributed by atoms with Crippen LogP contribution < -0.4 is 10.6 Å². The van der Waals surface area contributed by atoms with Crippen LogP contribution in [0.1, 0.15) is 46.0 Å². The van der Waals surface area contributed by atoms with Gasteiger partial charge in [0.25, 0.3) is 0 Å². The molecule has 2 heterocycles. The van der Waals surface area contributed by atoms with E-state index in [0.29, 0.717) is 0 Å². The Morgan fingerprint density at radius 2 is 1.88 bits per heavy atom. The van der Waals surface area contributed by atoms with Gasteiger partial charge < -0.3 is 20.3 Å². The second kappa shape index (κ2) is 12.1. The quantitative estimate of drug-likeness (QED) is 0.650. The van der Waals surface area contributed by atoms with E-state index >= 15 is 0 Å². The fourth-order valence-electron chi connectivity index (χ4n) is 3.55. The number of hydrogen-bond acceptors (Lipinski definition) is 4. The number of amides is 1. The second-order valence-corrected chi connectivity index (χ2v) is 7.33. The molecule has 142 valence electrons. The summed E-state index contributed by atoms with van der Waals surface area (Å²) in [4.78, 5) is 14.8. The minimum Gasteiger partial charge on any atom is -0.379 e. The standard InChI is InChI=1S/C18H35N3O2.ClH/c1-15(2)23-13-3-8-20-18(22)17-6-11-21(12-7-17)14-16-4-9-19-10-5-16;/h15-17,19H,3-14H2,1-2H3,(H,20,22);1H. The van der Waals surface area contributed by atoms with Crippen LogP contribution in [0.5, 0.6) is 0 Å². The van der Waals surface area contributed by atoms with Crippen LogP contribution in [-0.4, -0.2) is 62.8 Å². The molecule has 2 fully saturated rings. The molecule has 0 atom stereocenters. The van der Waals surface area contributed by atoms with Gasteiger partial charge in [-0.2, -0.15) is 0 Å². The zero-order valence-electron chi connectivity index (χ0n) is 15.4. The van der Waals surface area contributed by atoms with Gasteiger partial charge >= 0.3 is 0 Å². The van der Waals surface area contributed by atoms with Crippen molar-refractivity contribution in [3.05, 3.63) is 0 Å². The maximum absolute atomic E-state index is 12.2. The lowest BCUT2D eigenvalue weighted by Gasteiger charge is -2.35. The number of piperidine rings is 2. The Labute approximate surface area is 153 Å². The summed E-state index contributed by atoms with van der Waals surface area (Å²) in [5.74, 6) is 1.31. The van der Waals surface area contributed by atoms with Gasteiger partial charge in [-0.05, 0) is 78.0 Å². The number of nitrogens with one attached hydrogen (secondary N) is 2. The highest BCUT2D eigenvalue weighted by Crippen LogP contribution is 2.20. The first-order valence-corrected chi connectivity index (χ1v) is 9.47. The zero-order chi connectivity index (χ0) is 16.5. The van der Waals surface area contributed by atoms with Crippen molar-refractivity contribution in [1.82, 2.24) is 15.5 Å². The lowest BCUT2D eigenvalue weighted by atomic mass is 9.93. The molecule has 0 unspecified atom stereocenters. The van der Waals surface area contributed by atoms with Crippen LogP contribution in [-0.2, 0) is 9.53 Å². The molecular weight excluding hydrogens is 326 g/mol. The summed E-state index contributed by atoms with van der Waals surface area (Å²) in [6, 6.07) is 0. The van der Waals surface area contributed by atoms with Crippen molar-refractivity contribution < 1.29 is 9.53 Å². The van der Waals surface area contributed by atoms with Crippen LogP contribution in [0.3, 0.4) is 0 Å². The molecule has 2 aliphatic heterocycles. The number of nitrogens with zero attached hydrogens (tertiary/aromatic N) is 1. The number of halogens is 1. The highest BCUT2D eigenvalue weighted by atomic mass is 35.5. The van der Waals surface area contributed by atoms with Crippen molar-refractivity contribution in [2.24, 2.45) is 11.8 Å². The Hall–Kier alpha value is -0.360. The number of hydrogen-bond donors (Lipinski definition) is 2. The maximum atomic E-state index is 12.2. The molecule has 2 saturated heterocycles. The molecule has 0 bridgehead atoms. The number of likely N-dealkylation sites (tertiary alicyclic amines) is 1. The lowest BCUT2D eigenvalue weighted by molar-refractivity contribution is -0.126. The summed E-state index contributed by atoms with van der Waals surface area (Å²) in [5, 5.41) is 6.50. The Balaban J connectivity index is 0.00000288. The van der Waals surface area contributed by atoms with E-state index in [0.717, 1.165) is 51.4 Å². The lowest BCUT2D eigenvalue weighted by Crippen LogP contribution is -2.43. The van der Waals surface area contributed by atoms with Crippen molar-refractivity contribution in [2.75, 3.05) is 45.9 Å². The molecular formula is C18H36ClN3O2. The topological polar surface area (TPSA) is 53.6 Å². The normalized spacial score (nSPS) is 20.8. The monoisotopic (exact) mass is 361 g/mol. The summed E-state index contributed by atoms with van der Waals surface area (Å²) in [7, 11) is 0. The van der Waals surface area contributed by atoms with Crippen LogP contribution in [0.4, 0.5) is 0 Å². The molecule has 1 amide bonds. The Kier molecular flexibility index (Phi) is 10.9. The van der Waals surface area contributed by atoms with Gasteiger partial charge in [0.05, 0.1) is 6.10 Å². The molecule has 6 heteroatoms. The van der Waals surface area contributed by atoms with E-state index in [1.54, 1.807) is 0 Å². The average Bonchev–Trinajstić information content (AvgIpc) is 2.56. The SMILES string of the molecule is CC(C)OCCCNC(=O)C1CCN(CC2CCNCC2)CC1.Cl. The third kappa shape index (κ3) is 8.15. The van der Waals surface area contributed by atoms with Crippen molar-refractivity contribution in [2.45, 2.75) is 52.1 Å². The van der Waals surface area contributed by atoms with Crippen molar-refractivity contribution in [3.63, 3.8) is 0 Å². The highest BCUT2D eigenvalue weighted by molar-refractivity contribution is 5.85. The molecule has 5 nitrogen and oxygen atoms in total. The molecule has 0 spiro atoms. The summed E-state index contributed by atoms with van der Waals surface area (Å²) < 4.78 is 5.49. The summed E-state index contributed by atoms with van der Waals surface area (Å²) >= 11 is 0. The van der Waals surface area contributed by atoms with Gasteiger partial charge in [-0.15, -0.1) is 12.4 Å². The molecule has 0 saturated carbocycles. The summed E-state index contributed by atoms with van der Waals surface area (Å²) in [6.45, 7) is 11.3. The first-order chi connectivity index (χ1) is 11.1. The molecule has 0 aliphatic carbocycles. The van der Waals surface area contributed by atoms with Crippen molar-refractivity contribution in [3.8, 4) is 0 Å². The fraction of sp³-hybridized carbons (Fsp3) is 0.944. The molecule has 0 aromatic rings. The van der Waals surface area contributed by atoms with Crippen LogP contribution in [0.15, 0.2) is 0 Å². The zero-order valence-corrected chi connectivity index (χ0v) is 16.2. The van der Waals surface area contributed by atoms with Crippen molar-refractivity contribution in [1.29, 1.82) is 0 Å². The number of ether oxygens (including phenoxy) is 1. The van der Waals surface area contributed by atoms with E-state index in [4.69, 9.17) is 4.74 Å². The van der Waals surface area contributed by atoms with E-state index in [1.165, 1.54) is 32.5 Å². The van der Waals surface area contributed by atoms with Crippen molar-refractivity contribution >= 4 is 18.3 Å². The van der Waals surface area contributed by atoms with E-state index in [2.05, 4.69) is 15.5 Å². The van der Waals surface area contributed by atoms with Crippen LogP contribution in [0.25, 0.3) is 0 Å². The first kappa shape index (κ1) is 21.7. The van der Waals surface area contributed by atoms with E-state index in [-0.39, 0.29) is 30.3 Å². The van der Waals surface area contributed by atoms with Gasteiger partial charge in [-0.25, -0.2) is 0 Å². The van der Waals surface area contributed by atoms with Crippen LogP contribution >= 0.6 is 12.4 Å². The number of carbonyl (C=O) groups is 1. The predicted octanol–water partition coefficient (Wildman–Crippen LogP) is 2.05. The molecule has 2 N–H and O–H groups in total. The van der Waals surface area contributed by atoms with Gasteiger partial charge in [0.1, 0.15) is 0 Å². The predicted molar refractivity (Wildman–Crippen MR) is 101 cm³/mol. The number of carbonyl (C=O) groups excluding carboxylic acids is 1. The Morgan fingerprint density at radius 3 is 2.50 bits per heavy atom. The largest absolute Gasteiger partial charge is 0.379 e. The Morgan fingerprint density at radius 1 is 1.21 bits per heavy atom. The van der Waals surface area contributed by atoms with Gasteiger partial charge in [0.15, 0.2) is 0 Å². The minimum absolute atomic E-state index is 0. The third-order valence-corrected chi connectivity index (χ3v) is 5.01. The molecule has 0 aromatic carbocycles. The smallest absolute Gasteiger partial charge is 0.223 e. The minimum atomic E-state index is 0. The average molecular weight is 362 g/mol. The summed E-state index contributed by atoms with van der Waals surface area (Å²) in [5.41, 5.74) is 0. The highest BCUT2D eigenvalue weighted by Gasteiger charge is 2.26. The Bertz CT molecular complexity index is 341. The van der Waals surface area contributed by atoms with Gasteiger partial charge in [-0.3, -0.25) is 4.79 Å². The molecule has 0 radical (unpaired) electrons. The molecule has 2 aliphatic rings. The van der Waals surface area contributed by atoms with E-state index in [9.17, 15) is 4.79 Å².